The predicted octanol–water partition coefficient (Wildman–Crippen LogP) is 13.0. The van der Waals surface area contributed by atoms with Crippen LogP contribution in [0.25, 0.3) is 0 Å². The molecule has 0 aromatic heterocycles. The number of benzene rings is 6. The fourth-order valence-electron chi connectivity index (χ4n) is 6.16. The minimum absolute atomic E-state index is 0. The Morgan fingerprint density at radius 3 is 1.04 bits per heavy atom. The molecule has 1 amide bonds. The van der Waals surface area contributed by atoms with Crippen molar-refractivity contribution in [1.29, 1.82) is 0 Å². The van der Waals surface area contributed by atoms with Crippen LogP contribution in [0.3, 0.4) is 0 Å². The van der Waals surface area contributed by atoms with Crippen molar-refractivity contribution in [3.05, 3.63) is 176 Å². The molecule has 0 saturated carbocycles. The van der Waals surface area contributed by atoms with Crippen LogP contribution in [0.1, 0.15) is 125 Å². The molecule has 0 radical (unpaired) electrons. The summed E-state index contributed by atoms with van der Waals surface area (Å²) >= 11 is 17.2. The maximum absolute atomic E-state index is 12.6. The van der Waals surface area contributed by atoms with E-state index in [4.69, 9.17) is 62.2 Å². The largest absolute Gasteiger partial charge is 0.478 e. The highest BCUT2D eigenvalue weighted by Gasteiger charge is 2.23. The van der Waals surface area contributed by atoms with Gasteiger partial charge < -0.3 is 15.9 Å². The topological polar surface area (TPSA) is 282 Å². The zero-order valence-corrected chi connectivity index (χ0v) is 47.1. The summed E-state index contributed by atoms with van der Waals surface area (Å²) in [7, 11) is -6.16. The molecule has 0 atom stereocenters. The zero-order valence-electron chi connectivity index (χ0n) is 41.6. The van der Waals surface area contributed by atoms with Crippen molar-refractivity contribution in [2.45, 2.75) is 108 Å². The standard InChI is InChI=1S/C17H20ClN3O3S.C17H18ClNO4S.C10H13ClO2S.C7H6ClNO2.2CH4/c1-17(2,3)11-4-7-13(8-5-11)25(23,24)21-15-9-6-12(18)10-14(15)16(22)20-19;1-17(2,3)11-4-7-13(8-5-11)24(22,23)19-15-9-6-12(18)10-14(15)16(20)21;1-10(2,3)8-4-6-9(7-5-8)14(11,12)13;8-4-1-2-6(9)5(3-4)7(10)11;;/h4-10,21H,19H2,1-3H3,(H,20,22);4-10,19H,1-3H3,(H,20,21);4-7H,1-3H3;1-3H,9H2,(H,10,11);2*1H4. The summed E-state index contributed by atoms with van der Waals surface area (Å²) in [4.78, 5) is 33.8. The molecule has 0 aliphatic rings. The quantitative estimate of drug-likeness (QED) is 0.0221. The van der Waals surface area contributed by atoms with Crippen LogP contribution in [0.5, 0.6) is 0 Å². The first-order valence-corrected chi connectivity index (χ1v) is 28.2. The molecule has 23 heteroatoms. The molecule has 6 aromatic carbocycles. The second-order valence-corrected chi connectivity index (χ2v) is 26.4. The molecule has 16 nitrogen and oxygen atoms in total. The number of carboxylic acids is 2. The Balaban J connectivity index is 0.000000527. The van der Waals surface area contributed by atoms with Crippen LogP contribution >= 0.6 is 45.5 Å². The van der Waals surface area contributed by atoms with E-state index in [9.17, 15) is 44.7 Å². The minimum Gasteiger partial charge on any atom is -0.478 e. The minimum atomic E-state index is -3.90. The van der Waals surface area contributed by atoms with E-state index in [1.165, 1.54) is 84.9 Å². The van der Waals surface area contributed by atoms with Crippen molar-refractivity contribution in [3.63, 3.8) is 0 Å². The molecular weight excluding hydrogens is 1120 g/mol. The first-order chi connectivity index (χ1) is 33.9. The van der Waals surface area contributed by atoms with E-state index in [0.29, 0.717) is 5.02 Å². The van der Waals surface area contributed by atoms with Gasteiger partial charge in [-0.25, -0.2) is 40.7 Å². The lowest BCUT2D eigenvalue weighted by Gasteiger charge is -2.19. The van der Waals surface area contributed by atoms with Crippen LogP contribution in [0.2, 0.25) is 15.1 Å². The molecule has 6 rings (SSSR count). The Morgan fingerprint density at radius 1 is 0.461 bits per heavy atom. The van der Waals surface area contributed by atoms with Crippen molar-refractivity contribution in [3.8, 4) is 0 Å². The van der Waals surface area contributed by atoms with Gasteiger partial charge >= 0.3 is 11.9 Å². The Labute approximate surface area is 466 Å². The van der Waals surface area contributed by atoms with Crippen LogP contribution in [0.4, 0.5) is 17.1 Å². The van der Waals surface area contributed by atoms with Gasteiger partial charge in [0.05, 0.1) is 42.8 Å². The molecule has 0 fully saturated rings. The highest BCUT2D eigenvalue weighted by Crippen LogP contribution is 2.29. The SMILES string of the molecule is C.C.CC(C)(C)c1ccc(S(=O)(=O)Cl)cc1.CC(C)(C)c1ccc(S(=O)(=O)Nc2ccc(Cl)cc2C(=O)NN)cc1.CC(C)(C)c1ccc(S(=O)(=O)Nc2ccc(Cl)cc2C(=O)O)cc1.Nc1ccc(Cl)cc1C(=O)O. The monoisotopic (exact) mass is 1180 g/mol. The molecule has 0 unspecified atom stereocenters. The molecular formula is C53H65Cl4N5O11S3. The third-order valence-electron chi connectivity index (χ3n) is 10.4. The van der Waals surface area contributed by atoms with Crippen molar-refractivity contribution >= 4 is 109 Å². The average molecular weight is 1190 g/mol. The summed E-state index contributed by atoms with van der Waals surface area (Å²) in [6.45, 7) is 18.4. The Kier molecular flexibility index (Phi) is 24.6. The van der Waals surface area contributed by atoms with Crippen molar-refractivity contribution in [1.82, 2.24) is 5.43 Å². The number of halogens is 4. The highest BCUT2D eigenvalue weighted by molar-refractivity contribution is 8.13. The summed E-state index contributed by atoms with van der Waals surface area (Å²) in [6, 6.07) is 32.2. The van der Waals surface area contributed by atoms with E-state index >= 15 is 0 Å². The van der Waals surface area contributed by atoms with Crippen LogP contribution in [0.15, 0.2) is 142 Å². The van der Waals surface area contributed by atoms with E-state index in [0.717, 1.165) is 16.7 Å². The maximum Gasteiger partial charge on any atom is 0.337 e. The Morgan fingerprint density at radius 2 is 0.750 bits per heavy atom. The van der Waals surface area contributed by atoms with Gasteiger partial charge in [-0.1, -0.05) is 148 Å². The van der Waals surface area contributed by atoms with Crippen LogP contribution in [0, 0.1) is 0 Å². The van der Waals surface area contributed by atoms with Crippen LogP contribution in [-0.2, 0) is 45.3 Å². The van der Waals surface area contributed by atoms with E-state index in [1.54, 1.807) is 42.5 Å². The molecule has 0 spiro atoms. The van der Waals surface area contributed by atoms with Gasteiger partial charge in [0, 0.05) is 31.4 Å². The number of anilines is 3. The first-order valence-electron chi connectivity index (χ1n) is 21.8. The molecule has 9 N–H and O–H groups in total. The Hall–Kier alpha value is -5.90. The molecule has 0 bridgehead atoms. The highest BCUT2D eigenvalue weighted by atomic mass is 35.7. The second-order valence-electron chi connectivity index (χ2n) is 19.2. The molecule has 414 valence electrons. The van der Waals surface area contributed by atoms with E-state index in [2.05, 4.69) is 30.2 Å². The summed E-state index contributed by atoms with van der Waals surface area (Å²) in [5.74, 6) is 2.16. The lowest BCUT2D eigenvalue weighted by atomic mass is 9.87. The number of carboxylic acid groups (broad SMARTS) is 2. The van der Waals surface area contributed by atoms with E-state index in [-0.39, 0.29) is 89.6 Å². The predicted molar refractivity (Wildman–Crippen MR) is 308 cm³/mol. The molecule has 76 heavy (non-hydrogen) atoms. The van der Waals surface area contributed by atoms with E-state index in [1.807, 2.05) is 47.0 Å². The van der Waals surface area contributed by atoms with Crippen molar-refractivity contribution in [2.24, 2.45) is 5.84 Å². The number of nitrogens with two attached hydrogens (primary N) is 2. The smallest absolute Gasteiger partial charge is 0.337 e. The zero-order chi connectivity index (χ0) is 56.4. The summed E-state index contributed by atoms with van der Waals surface area (Å²) < 4.78 is 76.8. The first kappa shape index (κ1) is 68.1. The van der Waals surface area contributed by atoms with Gasteiger partial charge in [0.15, 0.2) is 0 Å². The number of hydrazine groups is 1. The maximum atomic E-state index is 12.6. The van der Waals surface area contributed by atoms with E-state index < -0.39 is 46.9 Å². The van der Waals surface area contributed by atoms with Crippen molar-refractivity contribution < 1.29 is 49.9 Å². The number of hydrogen-bond acceptors (Lipinski definition) is 11. The number of carbonyl (C=O) groups excluding carboxylic acids is 1. The lowest BCUT2D eigenvalue weighted by molar-refractivity contribution is 0.0687. The summed E-state index contributed by atoms with van der Waals surface area (Å²) in [6.07, 6.45) is 0. The molecule has 0 aliphatic heterocycles. The Bertz CT molecular complexity index is 3330. The number of carbonyl (C=O) groups is 3. The number of hydrogen-bond donors (Lipinski definition) is 7. The van der Waals surface area contributed by atoms with Gasteiger partial charge in [-0.05, 0) is 124 Å². The van der Waals surface area contributed by atoms with Gasteiger partial charge in [0.25, 0.3) is 35.0 Å². The number of sulfonamides is 2. The van der Waals surface area contributed by atoms with Crippen molar-refractivity contribution in [2.75, 3.05) is 15.2 Å². The average Bonchev–Trinajstić information content (AvgIpc) is 3.30. The third-order valence-corrected chi connectivity index (χ3v) is 15.2. The number of nitrogen functional groups attached to an aromatic ring is 2. The van der Waals surface area contributed by atoms with Gasteiger partial charge in [-0.2, -0.15) is 0 Å². The van der Waals surface area contributed by atoms with Gasteiger partial charge in [0.2, 0.25) is 0 Å². The number of aromatic carboxylic acids is 2. The molecule has 0 aliphatic carbocycles. The second kappa shape index (κ2) is 27.4. The lowest BCUT2D eigenvalue weighted by Crippen LogP contribution is -2.31. The van der Waals surface area contributed by atoms with Gasteiger partial charge in [-0.3, -0.25) is 19.7 Å². The molecule has 0 heterocycles. The fourth-order valence-corrected chi connectivity index (χ4v) is 9.61. The number of rotatable bonds is 10. The van der Waals surface area contributed by atoms with Gasteiger partial charge in [-0.15, -0.1) is 0 Å². The normalized spacial score (nSPS) is 11.4. The fraction of sp³-hybridized carbons (Fsp3) is 0.264. The van der Waals surface area contributed by atoms with Gasteiger partial charge in [0.1, 0.15) is 0 Å². The summed E-state index contributed by atoms with van der Waals surface area (Å²) in [5, 5.41) is 18.6. The van der Waals surface area contributed by atoms with Crippen LogP contribution < -0.4 is 26.4 Å². The summed E-state index contributed by atoms with van der Waals surface area (Å²) in [5.41, 5.74) is 10.4. The number of amides is 1. The van der Waals surface area contributed by atoms with Crippen LogP contribution in [-0.4, -0.2) is 53.3 Å². The molecule has 0 saturated heterocycles. The number of nitrogens with one attached hydrogen (secondary N) is 3. The molecule has 6 aromatic rings. The third kappa shape index (κ3) is 20.2.